The first-order valence-electron chi connectivity index (χ1n) is 18.5. The Balaban J connectivity index is 1.05. The van der Waals surface area contributed by atoms with E-state index in [2.05, 4.69) is 193 Å². The largest absolute Gasteiger partial charge is 0.456 e. The Morgan fingerprint density at radius 2 is 0.852 bits per heavy atom. The van der Waals surface area contributed by atoms with Gasteiger partial charge in [0.2, 0.25) is 0 Å². The molecule has 11 aromatic rings. The summed E-state index contributed by atoms with van der Waals surface area (Å²) in [6.45, 7) is 0. The van der Waals surface area contributed by atoms with E-state index in [1.807, 2.05) is 12.1 Å². The van der Waals surface area contributed by atoms with Gasteiger partial charge in [0.1, 0.15) is 11.2 Å². The minimum atomic E-state index is 0.904. The molecule has 11 rings (SSSR count). The molecule has 0 unspecified atom stereocenters. The Morgan fingerprint density at radius 1 is 0.278 bits per heavy atom. The zero-order valence-corrected chi connectivity index (χ0v) is 29.4. The number of benzene rings is 10. The summed E-state index contributed by atoms with van der Waals surface area (Å²) in [7, 11) is 0. The summed E-state index contributed by atoms with van der Waals surface area (Å²) in [6, 6.07) is 72.5. The van der Waals surface area contributed by atoms with Gasteiger partial charge >= 0.3 is 0 Å². The number of hydrogen-bond donors (Lipinski definition) is 0. The number of fused-ring (bicyclic) bond motifs is 9. The van der Waals surface area contributed by atoms with Crippen molar-refractivity contribution in [2.24, 2.45) is 0 Å². The summed E-state index contributed by atoms with van der Waals surface area (Å²) in [5.41, 5.74) is 9.84. The molecule has 0 radical (unpaired) electrons. The van der Waals surface area contributed by atoms with Crippen LogP contribution in [-0.2, 0) is 0 Å². The van der Waals surface area contributed by atoms with E-state index in [0.29, 0.717) is 0 Å². The van der Waals surface area contributed by atoms with Crippen molar-refractivity contribution in [3.05, 3.63) is 200 Å². The molecule has 1 aromatic heterocycles. The molecule has 0 saturated heterocycles. The number of nitrogens with zero attached hydrogens (tertiary/aromatic N) is 1. The molecule has 0 bridgehead atoms. The fourth-order valence-electron chi connectivity index (χ4n) is 8.40. The normalized spacial score (nSPS) is 11.7. The van der Waals surface area contributed by atoms with Gasteiger partial charge in [0.25, 0.3) is 0 Å². The van der Waals surface area contributed by atoms with E-state index < -0.39 is 0 Å². The summed E-state index contributed by atoms with van der Waals surface area (Å²) < 4.78 is 6.16. The van der Waals surface area contributed by atoms with Crippen LogP contribution in [0, 0.1) is 0 Å². The summed E-state index contributed by atoms with van der Waals surface area (Å²) in [5.74, 6) is 0. The number of rotatable bonds is 5. The quantitative estimate of drug-likeness (QED) is 0.168. The van der Waals surface area contributed by atoms with Crippen molar-refractivity contribution in [3.8, 4) is 22.3 Å². The van der Waals surface area contributed by atoms with Gasteiger partial charge < -0.3 is 9.32 Å². The molecule has 0 aliphatic rings. The molecule has 54 heavy (non-hydrogen) atoms. The van der Waals surface area contributed by atoms with Gasteiger partial charge in [-0.15, -0.1) is 0 Å². The van der Waals surface area contributed by atoms with Gasteiger partial charge in [-0.2, -0.15) is 0 Å². The highest BCUT2D eigenvalue weighted by atomic mass is 16.3. The first-order valence-corrected chi connectivity index (χ1v) is 18.5. The summed E-state index contributed by atoms with van der Waals surface area (Å²) >= 11 is 0. The SMILES string of the molecule is c1cc(-c2ccc3oc4ccccc4c3c2)cc(N(c2ccc(-c3cccc4c3ccc3ccccc34)cc2)c2ccc3c(ccc4ccccc43)c2)c1. The van der Waals surface area contributed by atoms with Crippen LogP contribution in [0.3, 0.4) is 0 Å². The molecule has 0 saturated carbocycles. The average Bonchev–Trinajstić information content (AvgIpc) is 3.62. The highest BCUT2D eigenvalue weighted by Gasteiger charge is 2.17. The van der Waals surface area contributed by atoms with Crippen molar-refractivity contribution in [2.75, 3.05) is 4.90 Å². The highest BCUT2D eigenvalue weighted by molar-refractivity contribution is 6.12. The van der Waals surface area contributed by atoms with Crippen molar-refractivity contribution in [2.45, 2.75) is 0 Å². The maximum atomic E-state index is 6.16. The first kappa shape index (κ1) is 30.5. The topological polar surface area (TPSA) is 16.4 Å². The second-order valence-electron chi connectivity index (χ2n) is 14.1. The van der Waals surface area contributed by atoms with E-state index >= 15 is 0 Å². The number of hydrogen-bond acceptors (Lipinski definition) is 2. The van der Waals surface area contributed by atoms with E-state index in [0.717, 1.165) is 50.1 Å². The number of furan rings is 1. The molecule has 0 aliphatic heterocycles. The first-order chi connectivity index (χ1) is 26.7. The van der Waals surface area contributed by atoms with Crippen LogP contribution >= 0.6 is 0 Å². The van der Waals surface area contributed by atoms with E-state index in [4.69, 9.17) is 4.42 Å². The molecular weight excluding hydrogens is 655 g/mol. The van der Waals surface area contributed by atoms with Gasteiger partial charge in [-0.3, -0.25) is 0 Å². The molecule has 2 heteroatoms. The van der Waals surface area contributed by atoms with E-state index in [1.54, 1.807) is 0 Å². The molecule has 10 aromatic carbocycles. The lowest BCUT2D eigenvalue weighted by Crippen LogP contribution is -2.10. The molecule has 0 amide bonds. The third kappa shape index (κ3) is 4.96. The van der Waals surface area contributed by atoms with E-state index in [1.165, 1.54) is 54.2 Å². The maximum Gasteiger partial charge on any atom is 0.135 e. The molecule has 0 atom stereocenters. The molecule has 2 nitrogen and oxygen atoms in total. The van der Waals surface area contributed by atoms with Crippen LogP contribution in [-0.4, -0.2) is 0 Å². The zero-order chi connectivity index (χ0) is 35.6. The highest BCUT2D eigenvalue weighted by Crippen LogP contribution is 2.41. The molecule has 0 fully saturated rings. The lowest BCUT2D eigenvalue weighted by Gasteiger charge is -2.27. The minimum Gasteiger partial charge on any atom is -0.456 e. The molecular formula is C52H33NO. The third-order valence-electron chi connectivity index (χ3n) is 11.0. The van der Waals surface area contributed by atoms with Gasteiger partial charge in [-0.05, 0) is 120 Å². The van der Waals surface area contributed by atoms with Gasteiger partial charge in [-0.1, -0.05) is 146 Å². The average molecular weight is 688 g/mol. The molecule has 0 spiro atoms. The fourth-order valence-corrected chi connectivity index (χ4v) is 8.40. The van der Waals surface area contributed by atoms with Crippen LogP contribution in [0.4, 0.5) is 17.1 Å². The van der Waals surface area contributed by atoms with Gasteiger partial charge in [0, 0.05) is 27.8 Å². The third-order valence-corrected chi connectivity index (χ3v) is 11.0. The lowest BCUT2D eigenvalue weighted by molar-refractivity contribution is 0.669. The van der Waals surface area contributed by atoms with Crippen molar-refractivity contribution >= 4 is 82.1 Å². The Kier molecular flexibility index (Phi) is 6.90. The van der Waals surface area contributed by atoms with Crippen LogP contribution < -0.4 is 4.90 Å². The predicted molar refractivity (Wildman–Crippen MR) is 229 cm³/mol. The van der Waals surface area contributed by atoms with Crippen molar-refractivity contribution in [3.63, 3.8) is 0 Å². The summed E-state index contributed by atoms with van der Waals surface area (Å²) in [4.78, 5) is 2.38. The van der Waals surface area contributed by atoms with Crippen LogP contribution in [0.15, 0.2) is 205 Å². The van der Waals surface area contributed by atoms with Crippen LogP contribution in [0.5, 0.6) is 0 Å². The maximum absolute atomic E-state index is 6.16. The van der Waals surface area contributed by atoms with Gasteiger partial charge in [0.15, 0.2) is 0 Å². The van der Waals surface area contributed by atoms with Crippen LogP contribution in [0.25, 0.3) is 87.3 Å². The Bertz CT molecular complexity index is 3230. The molecule has 1 heterocycles. The van der Waals surface area contributed by atoms with Crippen molar-refractivity contribution in [1.29, 1.82) is 0 Å². The van der Waals surface area contributed by atoms with Crippen LogP contribution in [0.2, 0.25) is 0 Å². The van der Waals surface area contributed by atoms with E-state index in [-0.39, 0.29) is 0 Å². The Labute approximate surface area is 312 Å². The molecule has 252 valence electrons. The van der Waals surface area contributed by atoms with Gasteiger partial charge in [-0.25, -0.2) is 0 Å². The standard InChI is InChI=1S/C52H33NO/c1-3-13-43-34(9-1)19-20-39-32-42(27-29-46(39)43)53(41-12-7-11-37(31-41)38-24-30-52-50(33-38)49-15-5-6-18-51(49)54-52)40-25-21-36(22-26-40)45-16-8-17-47-44-14-4-2-10-35(44)23-28-48(45)47/h1-33H. The monoisotopic (exact) mass is 687 g/mol. The summed E-state index contributed by atoms with van der Waals surface area (Å²) in [6.07, 6.45) is 0. The Hall–Kier alpha value is -7.16. The number of para-hydroxylation sites is 1. The number of anilines is 3. The lowest BCUT2D eigenvalue weighted by atomic mass is 9.94. The smallest absolute Gasteiger partial charge is 0.135 e. The van der Waals surface area contributed by atoms with Crippen LogP contribution in [0.1, 0.15) is 0 Å². The van der Waals surface area contributed by atoms with Gasteiger partial charge in [0.05, 0.1) is 0 Å². The van der Waals surface area contributed by atoms with Crippen molar-refractivity contribution < 1.29 is 4.42 Å². The van der Waals surface area contributed by atoms with E-state index in [9.17, 15) is 0 Å². The fraction of sp³-hybridized carbons (Fsp3) is 0. The predicted octanol–water partition coefficient (Wildman–Crippen LogP) is 15.0. The molecule has 0 N–H and O–H groups in total. The zero-order valence-electron chi connectivity index (χ0n) is 29.4. The summed E-state index contributed by atoms with van der Waals surface area (Å²) in [5, 5.41) is 12.3. The molecule has 0 aliphatic carbocycles. The second kappa shape index (κ2) is 12.2. The van der Waals surface area contributed by atoms with Crippen molar-refractivity contribution in [1.82, 2.24) is 0 Å². The Morgan fingerprint density at radius 3 is 1.70 bits per heavy atom. The second-order valence-corrected chi connectivity index (χ2v) is 14.1. The minimum absolute atomic E-state index is 0.904.